The molecule has 1 aliphatic heterocycles. The molecule has 5 aromatic rings. The summed E-state index contributed by atoms with van der Waals surface area (Å²) in [5.41, 5.74) is 1.02. The first-order valence-electron chi connectivity index (χ1n) is 14.4. The van der Waals surface area contributed by atoms with Gasteiger partial charge in [0.05, 0.1) is 36.5 Å². The third-order valence-electron chi connectivity index (χ3n) is 7.55. The van der Waals surface area contributed by atoms with E-state index >= 15 is 0 Å². The summed E-state index contributed by atoms with van der Waals surface area (Å²) in [6.07, 6.45) is 1.62. The molecule has 248 valence electrons. The Kier molecular flexibility index (Phi) is 8.71. The predicted octanol–water partition coefficient (Wildman–Crippen LogP) is 5.75. The van der Waals surface area contributed by atoms with Crippen LogP contribution in [0.15, 0.2) is 105 Å². The van der Waals surface area contributed by atoms with Gasteiger partial charge in [-0.05, 0) is 48.9 Å². The van der Waals surface area contributed by atoms with E-state index in [-0.39, 0.29) is 48.9 Å². The number of nitrogens with one attached hydrogen (secondary N) is 1. The van der Waals surface area contributed by atoms with Gasteiger partial charge in [0.2, 0.25) is 0 Å². The summed E-state index contributed by atoms with van der Waals surface area (Å²) < 4.78 is 30.2. The van der Waals surface area contributed by atoms with Gasteiger partial charge < -0.3 is 4.90 Å². The summed E-state index contributed by atoms with van der Waals surface area (Å²) in [7, 11) is -0.608. The number of aromatic nitrogens is 2. The molecule has 0 fully saturated rings. The van der Waals surface area contributed by atoms with Crippen molar-refractivity contribution in [3.05, 3.63) is 138 Å². The molecule has 49 heavy (non-hydrogen) atoms. The Balaban J connectivity index is 1.44. The van der Waals surface area contributed by atoms with Gasteiger partial charge in [-0.3, -0.25) is 24.4 Å². The van der Waals surface area contributed by atoms with Gasteiger partial charge in [0.25, 0.3) is 27.2 Å². The zero-order chi connectivity index (χ0) is 35.2. The number of amides is 1. The number of non-ortho nitro benzene ring substituents is 1. The van der Waals surface area contributed by atoms with Crippen LogP contribution in [0.1, 0.15) is 17.0 Å². The fourth-order valence-corrected chi connectivity index (χ4v) is 6.93. The maximum atomic E-state index is 14.2. The molecule has 0 unspecified atom stereocenters. The van der Waals surface area contributed by atoms with Gasteiger partial charge in [-0.25, -0.2) is 18.4 Å². The second-order valence-electron chi connectivity index (χ2n) is 11.0. The lowest BCUT2D eigenvalue weighted by atomic mass is 10.1. The molecule has 0 atom stereocenters. The zero-order valence-electron chi connectivity index (χ0n) is 26.0. The van der Waals surface area contributed by atoms with Crippen molar-refractivity contribution in [1.29, 1.82) is 0 Å². The molecule has 0 bridgehead atoms. The molecule has 16 heteroatoms. The quantitative estimate of drug-likeness (QED) is 0.121. The molecule has 1 N–H and O–H groups in total. The summed E-state index contributed by atoms with van der Waals surface area (Å²) in [6, 6.07) is 21.9. The largest absolute Gasteiger partial charge is 0.378 e. The third-order valence-corrected chi connectivity index (χ3v) is 9.49. The number of aliphatic imine (C=N–C) groups is 1. The van der Waals surface area contributed by atoms with Crippen LogP contribution in [0.4, 0.5) is 17.1 Å². The highest BCUT2D eigenvalue weighted by Crippen LogP contribution is 2.36. The topological polar surface area (TPSA) is 160 Å². The number of nitro groups is 1. The number of nitro benzene ring substituents is 1. The first-order valence-corrected chi connectivity index (χ1v) is 16.7. The van der Waals surface area contributed by atoms with Crippen molar-refractivity contribution < 1.29 is 18.1 Å². The van der Waals surface area contributed by atoms with E-state index in [2.05, 4.69) is 14.7 Å². The molecule has 13 nitrogen and oxygen atoms in total. The normalized spacial score (nSPS) is 14.0. The fraction of sp³-hybridized carbons (Fsp3) is 0.0909. The highest BCUT2D eigenvalue weighted by Gasteiger charge is 2.35. The van der Waals surface area contributed by atoms with Crippen LogP contribution >= 0.6 is 23.2 Å². The van der Waals surface area contributed by atoms with Crippen LogP contribution in [0.25, 0.3) is 17.0 Å². The standard InChI is InChI=1S/C33H25Cl2N7O6S/c1-19-36-28-14-13-24(49(47,48)38-30-26(34)16-23(42(45)46)17-27(30)35)18-25(28)32(43)40(19)41-31(21-7-5-4-6-8-21)37-29(33(41)44)15-20-9-11-22(12-10-20)39(2)3/h4-18,38H,1-3H3/b29-15-. The number of sulfonamides is 1. The smallest absolute Gasteiger partial charge is 0.297 e. The van der Waals surface area contributed by atoms with E-state index in [1.807, 2.05) is 43.3 Å². The molecular formula is C33H25Cl2N7O6S. The first kappa shape index (κ1) is 33.3. The highest BCUT2D eigenvalue weighted by molar-refractivity contribution is 7.92. The van der Waals surface area contributed by atoms with Crippen LogP contribution < -0.4 is 20.2 Å². The summed E-state index contributed by atoms with van der Waals surface area (Å²) in [5, 5.41) is 11.5. The van der Waals surface area contributed by atoms with Crippen LogP contribution in [0.2, 0.25) is 10.0 Å². The van der Waals surface area contributed by atoms with Gasteiger partial charge in [0.1, 0.15) is 11.5 Å². The second-order valence-corrected chi connectivity index (χ2v) is 13.5. The maximum Gasteiger partial charge on any atom is 0.297 e. The molecule has 0 aliphatic carbocycles. The van der Waals surface area contributed by atoms with E-state index in [9.17, 15) is 28.1 Å². The van der Waals surface area contributed by atoms with E-state index in [1.165, 1.54) is 12.1 Å². The predicted molar refractivity (Wildman–Crippen MR) is 190 cm³/mol. The number of fused-ring (bicyclic) bond motifs is 1. The van der Waals surface area contributed by atoms with E-state index in [0.717, 1.165) is 33.6 Å². The number of carbonyl (C=O) groups is 1. The summed E-state index contributed by atoms with van der Waals surface area (Å²) in [5.74, 6) is -0.292. The Morgan fingerprint density at radius 3 is 2.20 bits per heavy atom. The number of nitrogens with zero attached hydrogens (tertiary/aromatic N) is 6. The Labute approximate surface area is 289 Å². The van der Waals surface area contributed by atoms with Crippen molar-refractivity contribution >= 4 is 79.0 Å². The van der Waals surface area contributed by atoms with Crippen molar-refractivity contribution in [2.45, 2.75) is 11.8 Å². The number of carbonyl (C=O) groups excluding carboxylic acids is 1. The van der Waals surface area contributed by atoms with Gasteiger partial charge in [0.15, 0.2) is 5.84 Å². The lowest BCUT2D eigenvalue weighted by molar-refractivity contribution is -0.384. The summed E-state index contributed by atoms with van der Waals surface area (Å²) >= 11 is 12.3. The van der Waals surface area contributed by atoms with Gasteiger partial charge in [-0.15, -0.1) is 0 Å². The number of halogens is 2. The van der Waals surface area contributed by atoms with E-state index in [0.29, 0.717) is 11.1 Å². The van der Waals surface area contributed by atoms with E-state index < -0.39 is 32.1 Å². The Hall–Kier alpha value is -5.57. The van der Waals surface area contributed by atoms with E-state index in [1.54, 1.807) is 43.3 Å². The maximum absolute atomic E-state index is 14.2. The molecule has 2 heterocycles. The SMILES string of the molecule is Cc1nc2ccc(S(=O)(=O)Nc3c(Cl)cc([N+](=O)[O-])cc3Cl)cc2c(=O)n1N1C(=O)/C(=C/c2ccc(N(C)C)cc2)N=C1c1ccccc1. The second kappa shape index (κ2) is 12.8. The van der Waals surface area contributed by atoms with E-state index in [4.69, 9.17) is 23.2 Å². The van der Waals surface area contributed by atoms with Crippen LogP contribution in [-0.4, -0.2) is 48.8 Å². The minimum absolute atomic E-state index is 0.0697. The molecule has 1 amide bonds. The molecule has 6 rings (SSSR count). The van der Waals surface area contributed by atoms with Crippen molar-refractivity contribution in [3.8, 4) is 0 Å². The van der Waals surface area contributed by atoms with Crippen molar-refractivity contribution in [2.24, 2.45) is 4.99 Å². The molecular weight excluding hydrogens is 693 g/mol. The number of hydrogen-bond acceptors (Lipinski definition) is 9. The molecule has 4 aromatic carbocycles. The minimum atomic E-state index is -4.44. The Bertz CT molecular complexity index is 2390. The number of benzene rings is 4. The van der Waals surface area contributed by atoms with Crippen LogP contribution in [0.3, 0.4) is 0 Å². The molecule has 0 saturated carbocycles. The number of hydrogen-bond donors (Lipinski definition) is 1. The Morgan fingerprint density at radius 1 is 0.939 bits per heavy atom. The van der Waals surface area contributed by atoms with Crippen molar-refractivity contribution in [2.75, 3.05) is 28.7 Å². The summed E-state index contributed by atoms with van der Waals surface area (Å²) in [6.45, 7) is 1.54. The van der Waals surface area contributed by atoms with Gasteiger partial charge in [0, 0.05) is 37.5 Å². The lowest BCUT2D eigenvalue weighted by Gasteiger charge is -2.22. The highest BCUT2D eigenvalue weighted by atomic mass is 35.5. The zero-order valence-corrected chi connectivity index (χ0v) is 28.3. The lowest BCUT2D eigenvalue weighted by Crippen LogP contribution is -2.49. The Morgan fingerprint density at radius 2 is 1.59 bits per heavy atom. The van der Waals surface area contributed by atoms with Crippen molar-refractivity contribution in [1.82, 2.24) is 9.66 Å². The average Bonchev–Trinajstić information content (AvgIpc) is 3.38. The fourth-order valence-electron chi connectivity index (χ4n) is 5.12. The van der Waals surface area contributed by atoms with Crippen LogP contribution in [-0.2, 0) is 14.8 Å². The number of amidine groups is 1. The van der Waals surface area contributed by atoms with Gasteiger partial charge >= 0.3 is 0 Å². The third kappa shape index (κ3) is 6.36. The first-order chi connectivity index (χ1) is 23.2. The van der Waals surface area contributed by atoms with Crippen LogP contribution in [0.5, 0.6) is 0 Å². The van der Waals surface area contributed by atoms with Crippen molar-refractivity contribution in [3.63, 3.8) is 0 Å². The molecule has 0 saturated heterocycles. The summed E-state index contributed by atoms with van der Waals surface area (Å²) in [4.78, 5) is 49.4. The minimum Gasteiger partial charge on any atom is -0.378 e. The number of rotatable bonds is 8. The van der Waals surface area contributed by atoms with Crippen LogP contribution in [0, 0.1) is 17.0 Å². The monoisotopic (exact) mass is 717 g/mol. The number of aryl methyl sites for hydroxylation is 1. The molecule has 1 aromatic heterocycles. The van der Waals surface area contributed by atoms with Gasteiger partial charge in [-0.2, -0.15) is 9.69 Å². The molecule has 0 radical (unpaired) electrons. The van der Waals surface area contributed by atoms with Gasteiger partial charge in [-0.1, -0.05) is 65.7 Å². The average molecular weight is 719 g/mol. The molecule has 0 spiro atoms. The number of anilines is 2. The molecule has 1 aliphatic rings.